The predicted octanol–water partition coefficient (Wildman–Crippen LogP) is 2.20. The molecule has 2 bridgehead atoms. The normalized spacial score (nSPS) is 27.8. The number of hydrogen-bond acceptors (Lipinski definition) is 6. The van der Waals surface area contributed by atoms with Crippen molar-refractivity contribution in [1.82, 2.24) is 10.2 Å². The van der Waals surface area contributed by atoms with E-state index >= 15 is 0 Å². The Bertz CT molecular complexity index is 856. The first-order valence-corrected chi connectivity index (χ1v) is 7.84. The summed E-state index contributed by atoms with van der Waals surface area (Å²) in [5.41, 5.74) is 0.871. The van der Waals surface area contributed by atoms with E-state index < -0.39 is 10.5 Å². The Labute approximate surface area is 137 Å². The van der Waals surface area contributed by atoms with Crippen LogP contribution in [0.3, 0.4) is 0 Å². The van der Waals surface area contributed by atoms with Crippen LogP contribution in [0.4, 0.5) is 5.69 Å². The predicted molar refractivity (Wildman–Crippen MR) is 83.0 cm³/mol. The van der Waals surface area contributed by atoms with Gasteiger partial charge in [-0.05, 0) is 37.9 Å². The van der Waals surface area contributed by atoms with Crippen molar-refractivity contribution in [2.45, 2.75) is 44.3 Å². The fourth-order valence-electron chi connectivity index (χ4n) is 3.79. The van der Waals surface area contributed by atoms with Gasteiger partial charge in [-0.15, -0.1) is 0 Å². The highest BCUT2D eigenvalue weighted by molar-refractivity contribution is 5.56. The minimum absolute atomic E-state index is 0.0349. The topological polar surface area (TPSA) is 105 Å². The zero-order valence-electron chi connectivity index (χ0n) is 13.3. The monoisotopic (exact) mass is 328 g/mol. The van der Waals surface area contributed by atoms with Gasteiger partial charge in [0.25, 0.3) is 5.69 Å². The van der Waals surface area contributed by atoms with Crippen molar-refractivity contribution in [3.8, 4) is 11.4 Å². The van der Waals surface area contributed by atoms with E-state index in [2.05, 4.69) is 10.2 Å². The van der Waals surface area contributed by atoms with E-state index in [9.17, 15) is 15.3 Å². The van der Waals surface area contributed by atoms with Gasteiger partial charge in [0.15, 0.2) is 5.69 Å². The fraction of sp³-hybridized carbons (Fsp3) is 0.438. The van der Waals surface area contributed by atoms with Gasteiger partial charge in [-0.2, -0.15) is 0 Å². The van der Waals surface area contributed by atoms with Crippen LogP contribution in [0.25, 0.3) is 11.4 Å². The molecule has 1 saturated heterocycles. The van der Waals surface area contributed by atoms with Gasteiger partial charge in [0, 0.05) is 18.1 Å². The van der Waals surface area contributed by atoms with Crippen LogP contribution in [-0.2, 0) is 10.3 Å². The summed E-state index contributed by atoms with van der Waals surface area (Å²) >= 11 is 0. The molecule has 0 amide bonds. The van der Waals surface area contributed by atoms with E-state index in [0.717, 1.165) is 17.6 Å². The number of nitrogens with zero attached hydrogens (tertiary/aromatic N) is 4. The van der Waals surface area contributed by atoms with Crippen molar-refractivity contribution in [3.63, 3.8) is 0 Å². The van der Waals surface area contributed by atoms with Crippen molar-refractivity contribution in [2.75, 3.05) is 0 Å². The second-order valence-electron chi connectivity index (χ2n) is 6.56. The molecule has 5 rings (SSSR count). The van der Waals surface area contributed by atoms with Crippen molar-refractivity contribution in [1.29, 1.82) is 0 Å². The molecule has 3 atom stereocenters. The lowest BCUT2D eigenvalue weighted by Gasteiger charge is -2.46. The third-order valence-electron chi connectivity index (χ3n) is 5.01. The van der Waals surface area contributed by atoms with E-state index in [4.69, 9.17) is 4.74 Å². The van der Waals surface area contributed by atoms with E-state index in [-0.39, 0.29) is 23.5 Å². The highest BCUT2D eigenvalue weighted by Crippen LogP contribution is 2.49. The highest BCUT2D eigenvalue weighted by atomic mass is 16.6. The van der Waals surface area contributed by atoms with Gasteiger partial charge in [-0.25, -0.2) is 4.73 Å². The number of fused-ring (bicyclic) bond motifs is 2. The van der Waals surface area contributed by atoms with E-state index in [1.807, 2.05) is 13.8 Å². The molecule has 1 aromatic carbocycles. The summed E-state index contributed by atoms with van der Waals surface area (Å²) in [6.45, 7) is 3.89. The van der Waals surface area contributed by atoms with Crippen LogP contribution in [0.5, 0.6) is 0 Å². The lowest BCUT2D eigenvalue weighted by Crippen LogP contribution is -2.53. The highest BCUT2D eigenvalue weighted by Gasteiger charge is 2.51. The fourth-order valence-corrected chi connectivity index (χ4v) is 3.79. The average molecular weight is 328 g/mol. The summed E-state index contributed by atoms with van der Waals surface area (Å²) in [5, 5.41) is 32.2. The van der Waals surface area contributed by atoms with Crippen molar-refractivity contribution in [3.05, 3.63) is 51.0 Å². The van der Waals surface area contributed by atoms with Crippen LogP contribution < -0.4 is 4.73 Å². The van der Waals surface area contributed by atoms with Crippen molar-refractivity contribution >= 4 is 5.69 Å². The van der Waals surface area contributed by atoms with Gasteiger partial charge < -0.3 is 9.94 Å². The Kier molecular flexibility index (Phi) is 3.08. The third kappa shape index (κ3) is 1.99. The Morgan fingerprint density at radius 1 is 1.42 bits per heavy atom. The smallest absolute Gasteiger partial charge is 0.361 e. The Morgan fingerprint density at radius 2 is 2.21 bits per heavy atom. The van der Waals surface area contributed by atoms with Crippen LogP contribution >= 0.6 is 0 Å². The first kappa shape index (κ1) is 14.9. The van der Waals surface area contributed by atoms with Crippen LogP contribution in [0.15, 0.2) is 24.3 Å². The van der Waals surface area contributed by atoms with Gasteiger partial charge in [-0.3, -0.25) is 10.1 Å². The van der Waals surface area contributed by atoms with E-state index in [1.165, 1.54) is 18.2 Å². The summed E-state index contributed by atoms with van der Waals surface area (Å²) in [6.07, 6.45) is 1.59. The lowest BCUT2D eigenvalue weighted by atomic mass is 9.74. The molecule has 0 saturated carbocycles. The molecule has 3 unspecified atom stereocenters. The zero-order chi connectivity index (χ0) is 17.1. The SMILES string of the molecule is CC1OC2(C)CCC1c1c2nnc(-c2cccc([N+](=O)[O-])c2)[n+]1[O-]. The number of hydrogen-bond donors (Lipinski definition) is 0. The molecule has 1 aliphatic carbocycles. The molecule has 1 fully saturated rings. The molecule has 124 valence electrons. The van der Waals surface area contributed by atoms with Gasteiger partial charge in [-0.1, -0.05) is 6.07 Å². The first-order valence-electron chi connectivity index (χ1n) is 7.84. The molecule has 3 heterocycles. The lowest BCUT2D eigenvalue weighted by molar-refractivity contribution is -0.612. The molecular weight excluding hydrogens is 312 g/mol. The Morgan fingerprint density at radius 3 is 2.92 bits per heavy atom. The summed E-state index contributed by atoms with van der Waals surface area (Å²) in [5.74, 6) is 0.0491. The van der Waals surface area contributed by atoms with Crippen LogP contribution in [0, 0.1) is 15.3 Å². The number of ether oxygens (including phenoxy) is 1. The number of rotatable bonds is 2. The maximum atomic E-state index is 13.0. The molecular formula is C16H16N4O4. The quantitative estimate of drug-likeness (QED) is 0.362. The molecule has 24 heavy (non-hydrogen) atoms. The van der Waals surface area contributed by atoms with Crippen molar-refractivity contribution < 1.29 is 14.4 Å². The van der Waals surface area contributed by atoms with Crippen LogP contribution in [-0.4, -0.2) is 21.2 Å². The zero-order valence-corrected chi connectivity index (χ0v) is 13.3. The minimum Gasteiger partial charge on any atom is -0.710 e. The van der Waals surface area contributed by atoms with Gasteiger partial charge in [0.1, 0.15) is 11.3 Å². The minimum atomic E-state index is -0.593. The number of nitro groups is 1. The Balaban J connectivity index is 1.89. The number of aromatic nitrogens is 3. The Hall–Kier alpha value is -2.61. The number of non-ortho nitro benzene ring substituents is 1. The maximum absolute atomic E-state index is 13.0. The molecule has 2 aliphatic heterocycles. The van der Waals surface area contributed by atoms with E-state index in [0.29, 0.717) is 17.0 Å². The second kappa shape index (κ2) is 4.94. The standard InChI is InChI=1S/C16H16N4O4/c1-9-12-6-7-16(2,24-9)14-13(12)19(21)15(18-17-14)10-4-3-5-11(8-10)20(22)23/h3-5,8-9,12H,6-7H2,1-2H3. The van der Waals surface area contributed by atoms with Crippen LogP contribution in [0.1, 0.15) is 44.0 Å². The van der Waals surface area contributed by atoms with Crippen molar-refractivity contribution in [2.24, 2.45) is 0 Å². The average Bonchev–Trinajstić information content (AvgIpc) is 2.55. The summed E-state index contributed by atoms with van der Waals surface area (Å²) in [7, 11) is 0. The first-order chi connectivity index (χ1) is 11.4. The molecule has 1 aromatic heterocycles. The third-order valence-corrected chi connectivity index (χ3v) is 5.01. The summed E-state index contributed by atoms with van der Waals surface area (Å²) in [6, 6.07) is 5.88. The molecule has 0 N–H and O–H groups in total. The summed E-state index contributed by atoms with van der Waals surface area (Å²) < 4.78 is 6.79. The molecule has 8 heteroatoms. The summed E-state index contributed by atoms with van der Waals surface area (Å²) in [4.78, 5) is 10.5. The maximum Gasteiger partial charge on any atom is 0.361 e. The van der Waals surface area contributed by atoms with Crippen LogP contribution in [0.2, 0.25) is 0 Å². The molecule has 3 aliphatic rings. The van der Waals surface area contributed by atoms with Gasteiger partial charge in [0.2, 0.25) is 0 Å². The number of benzene rings is 1. The second-order valence-corrected chi connectivity index (χ2v) is 6.56. The van der Waals surface area contributed by atoms with E-state index in [1.54, 1.807) is 6.07 Å². The van der Waals surface area contributed by atoms with Gasteiger partial charge >= 0.3 is 5.82 Å². The largest absolute Gasteiger partial charge is 0.710 e. The molecule has 0 radical (unpaired) electrons. The molecule has 0 spiro atoms. The van der Waals surface area contributed by atoms with Gasteiger partial charge in [0.05, 0.1) is 21.7 Å². The molecule has 8 nitrogen and oxygen atoms in total. The molecule has 2 aromatic rings. The number of nitro benzene ring substituents is 1.